The van der Waals surface area contributed by atoms with Crippen molar-refractivity contribution in [2.75, 3.05) is 13.1 Å². The Hall–Kier alpha value is -0.610. The molecule has 1 aliphatic carbocycles. The number of nitrogens with zero attached hydrogens (tertiary/aromatic N) is 1. The topological polar surface area (TPSA) is 66.6 Å². The number of likely N-dealkylation sites (tertiary alicyclic amines) is 1. The lowest BCUT2D eigenvalue weighted by Gasteiger charge is -2.38. The van der Waals surface area contributed by atoms with Crippen LogP contribution < -0.4 is 5.73 Å². The molecule has 0 radical (unpaired) electrons. The number of carbonyl (C=O) groups excluding carboxylic acids is 1. The third-order valence-electron chi connectivity index (χ3n) is 4.31. The van der Waals surface area contributed by atoms with Gasteiger partial charge in [-0.15, -0.1) is 0 Å². The van der Waals surface area contributed by atoms with Crippen LogP contribution in [0.1, 0.15) is 39.0 Å². The fourth-order valence-electron chi connectivity index (χ4n) is 3.03. The first-order chi connectivity index (χ1) is 8.09. The Morgan fingerprint density at radius 3 is 2.65 bits per heavy atom. The van der Waals surface area contributed by atoms with Gasteiger partial charge in [0.2, 0.25) is 5.91 Å². The Balaban J connectivity index is 1.95. The molecule has 2 fully saturated rings. The molecule has 0 aromatic heterocycles. The number of aliphatic hydroxyl groups excluding tert-OH is 1. The van der Waals surface area contributed by atoms with Crippen molar-refractivity contribution >= 4 is 5.91 Å². The average Bonchev–Trinajstić information content (AvgIpc) is 2.32. The number of hydrogen-bond acceptors (Lipinski definition) is 3. The molecule has 2 aliphatic rings. The van der Waals surface area contributed by atoms with Crippen LogP contribution in [0.15, 0.2) is 0 Å². The maximum absolute atomic E-state index is 12.4. The van der Waals surface area contributed by atoms with E-state index in [2.05, 4.69) is 0 Å². The highest BCUT2D eigenvalue weighted by molar-refractivity contribution is 5.79. The lowest BCUT2D eigenvalue weighted by molar-refractivity contribution is -0.140. The summed E-state index contributed by atoms with van der Waals surface area (Å²) in [5.41, 5.74) is 6.05. The molecule has 4 unspecified atom stereocenters. The van der Waals surface area contributed by atoms with E-state index in [1.54, 1.807) is 0 Å². The van der Waals surface area contributed by atoms with E-state index < -0.39 is 0 Å². The molecule has 1 amide bonds. The second-order valence-corrected chi connectivity index (χ2v) is 5.67. The van der Waals surface area contributed by atoms with Crippen LogP contribution in [0.25, 0.3) is 0 Å². The van der Waals surface area contributed by atoms with Gasteiger partial charge in [0.1, 0.15) is 0 Å². The van der Waals surface area contributed by atoms with E-state index in [0.717, 1.165) is 25.7 Å². The summed E-state index contributed by atoms with van der Waals surface area (Å²) in [6.45, 7) is 3.38. The van der Waals surface area contributed by atoms with Crippen molar-refractivity contribution in [3.05, 3.63) is 0 Å². The highest BCUT2D eigenvalue weighted by Gasteiger charge is 2.34. The number of aliphatic hydroxyl groups is 1. The number of amides is 1. The SMILES string of the molecule is CC1CN(C(=O)C2CCCCC2N)CCC1O. The minimum Gasteiger partial charge on any atom is -0.393 e. The molecular weight excluding hydrogens is 216 g/mol. The van der Waals surface area contributed by atoms with Crippen molar-refractivity contribution < 1.29 is 9.90 Å². The summed E-state index contributed by atoms with van der Waals surface area (Å²) >= 11 is 0. The lowest BCUT2D eigenvalue weighted by atomic mass is 9.83. The monoisotopic (exact) mass is 240 g/mol. The van der Waals surface area contributed by atoms with Crippen LogP contribution in [-0.2, 0) is 4.79 Å². The van der Waals surface area contributed by atoms with Crippen LogP contribution in [0.2, 0.25) is 0 Å². The van der Waals surface area contributed by atoms with Gasteiger partial charge in [-0.2, -0.15) is 0 Å². The van der Waals surface area contributed by atoms with Crippen molar-refractivity contribution in [3.63, 3.8) is 0 Å². The van der Waals surface area contributed by atoms with Gasteiger partial charge in [0, 0.05) is 19.1 Å². The predicted octanol–water partition coefficient (Wildman–Crippen LogP) is 0.733. The van der Waals surface area contributed by atoms with Crippen LogP contribution >= 0.6 is 0 Å². The van der Waals surface area contributed by atoms with Crippen molar-refractivity contribution in [2.45, 2.75) is 51.2 Å². The van der Waals surface area contributed by atoms with Gasteiger partial charge in [-0.25, -0.2) is 0 Å². The molecule has 98 valence electrons. The van der Waals surface area contributed by atoms with E-state index >= 15 is 0 Å². The molecule has 0 aromatic rings. The zero-order valence-electron chi connectivity index (χ0n) is 10.6. The molecule has 17 heavy (non-hydrogen) atoms. The fourth-order valence-corrected chi connectivity index (χ4v) is 3.03. The minimum atomic E-state index is -0.251. The molecule has 0 spiro atoms. The van der Waals surface area contributed by atoms with Crippen molar-refractivity contribution in [3.8, 4) is 0 Å². The van der Waals surface area contributed by atoms with E-state index in [4.69, 9.17) is 5.73 Å². The van der Waals surface area contributed by atoms with E-state index in [9.17, 15) is 9.90 Å². The Kier molecular flexibility index (Phi) is 4.05. The zero-order valence-corrected chi connectivity index (χ0v) is 10.6. The first-order valence-corrected chi connectivity index (χ1v) is 6.82. The Bertz CT molecular complexity index is 283. The van der Waals surface area contributed by atoms with Gasteiger partial charge in [-0.3, -0.25) is 4.79 Å². The van der Waals surface area contributed by atoms with Gasteiger partial charge in [0.05, 0.1) is 12.0 Å². The normalized spacial score (nSPS) is 39.1. The molecule has 3 N–H and O–H groups in total. The van der Waals surface area contributed by atoms with Gasteiger partial charge in [0.15, 0.2) is 0 Å². The minimum absolute atomic E-state index is 0.0196. The number of hydrogen-bond donors (Lipinski definition) is 2. The van der Waals surface area contributed by atoms with E-state index in [-0.39, 0.29) is 29.9 Å². The van der Waals surface area contributed by atoms with Crippen molar-refractivity contribution in [1.29, 1.82) is 0 Å². The predicted molar refractivity (Wildman–Crippen MR) is 66.3 cm³/mol. The molecule has 0 bridgehead atoms. The average molecular weight is 240 g/mol. The van der Waals surface area contributed by atoms with Crippen LogP contribution in [0, 0.1) is 11.8 Å². The van der Waals surface area contributed by atoms with E-state index in [0.29, 0.717) is 19.5 Å². The van der Waals surface area contributed by atoms with Crippen molar-refractivity contribution in [1.82, 2.24) is 4.90 Å². The summed E-state index contributed by atoms with van der Waals surface area (Å²) in [6, 6.07) is 0.0402. The van der Waals surface area contributed by atoms with Crippen molar-refractivity contribution in [2.24, 2.45) is 17.6 Å². The zero-order chi connectivity index (χ0) is 12.4. The Morgan fingerprint density at radius 1 is 1.29 bits per heavy atom. The number of nitrogens with two attached hydrogens (primary N) is 1. The summed E-state index contributed by atoms with van der Waals surface area (Å²) in [4.78, 5) is 14.3. The fraction of sp³-hybridized carbons (Fsp3) is 0.923. The third kappa shape index (κ3) is 2.80. The van der Waals surface area contributed by atoms with Crippen LogP contribution in [0.5, 0.6) is 0 Å². The van der Waals surface area contributed by atoms with Crippen LogP contribution in [-0.4, -0.2) is 41.1 Å². The molecule has 1 aliphatic heterocycles. The summed E-state index contributed by atoms with van der Waals surface area (Å²) in [6.07, 6.45) is 4.64. The molecule has 1 saturated carbocycles. The number of piperidine rings is 1. The Morgan fingerprint density at radius 2 is 2.00 bits per heavy atom. The quantitative estimate of drug-likeness (QED) is 0.710. The Labute approximate surface area is 103 Å². The summed E-state index contributed by atoms with van der Waals surface area (Å²) in [7, 11) is 0. The summed E-state index contributed by atoms with van der Waals surface area (Å²) < 4.78 is 0. The molecule has 1 heterocycles. The first-order valence-electron chi connectivity index (χ1n) is 6.82. The molecule has 2 rings (SSSR count). The smallest absolute Gasteiger partial charge is 0.227 e. The van der Waals surface area contributed by atoms with Gasteiger partial charge >= 0.3 is 0 Å². The standard InChI is InChI=1S/C13H24N2O2/c1-9-8-15(7-6-12(9)16)13(17)10-4-2-3-5-11(10)14/h9-12,16H,2-8,14H2,1H3. The molecule has 1 saturated heterocycles. The van der Waals surface area contributed by atoms with Gasteiger partial charge < -0.3 is 15.7 Å². The van der Waals surface area contributed by atoms with Crippen LogP contribution in [0.3, 0.4) is 0 Å². The molecule has 0 aromatic carbocycles. The number of rotatable bonds is 1. The second-order valence-electron chi connectivity index (χ2n) is 5.67. The first kappa shape index (κ1) is 12.8. The third-order valence-corrected chi connectivity index (χ3v) is 4.31. The van der Waals surface area contributed by atoms with E-state index in [1.807, 2.05) is 11.8 Å². The molecular formula is C13H24N2O2. The van der Waals surface area contributed by atoms with Crippen LogP contribution in [0.4, 0.5) is 0 Å². The maximum Gasteiger partial charge on any atom is 0.227 e. The summed E-state index contributed by atoms with van der Waals surface area (Å²) in [5, 5.41) is 9.68. The molecule has 4 nitrogen and oxygen atoms in total. The maximum atomic E-state index is 12.4. The highest BCUT2D eigenvalue weighted by Crippen LogP contribution is 2.27. The highest BCUT2D eigenvalue weighted by atomic mass is 16.3. The molecule has 4 heteroatoms. The summed E-state index contributed by atoms with van der Waals surface area (Å²) in [5.74, 6) is 0.426. The second kappa shape index (κ2) is 5.36. The number of carbonyl (C=O) groups is 1. The van der Waals surface area contributed by atoms with Gasteiger partial charge in [-0.1, -0.05) is 19.8 Å². The lowest BCUT2D eigenvalue weighted by Crippen LogP contribution is -2.51. The van der Waals surface area contributed by atoms with Gasteiger partial charge in [-0.05, 0) is 25.2 Å². The largest absolute Gasteiger partial charge is 0.393 e. The van der Waals surface area contributed by atoms with Gasteiger partial charge in [0.25, 0.3) is 0 Å². The van der Waals surface area contributed by atoms with E-state index in [1.165, 1.54) is 0 Å². The molecule has 4 atom stereocenters.